The minimum absolute atomic E-state index is 0.456. The standard InChI is InChI=1S/C26H27N5O3/c32-25(33)24(30-12-5-13-31(15-14-30)26-27-10-4-11-28-26)22-17-29-23-9-8-20(16-21(22)23)34-18-19-6-2-1-3-7-19/h1-4,6-11,16-17,24,29H,5,12-15,18H2,(H,32,33)/t24-/m0/s1. The van der Waals surface area contributed by atoms with Crippen LogP contribution in [0.5, 0.6) is 5.75 Å². The Morgan fingerprint density at radius 3 is 2.65 bits per heavy atom. The third kappa shape index (κ3) is 4.72. The number of ether oxygens (including phenoxy) is 1. The molecule has 8 nitrogen and oxygen atoms in total. The highest BCUT2D eigenvalue weighted by Gasteiger charge is 2.31. The van der Waals surface area contributed by atoms with Crippen molar-refractivity contribution in [3.05, 3.63) is 84.3 Å². The molecule has 5 rings (SSSR count). The van der Waals surface area contributed by atoms with Crippen LogP contribution in [0.25, 0.3) is 10.9 Å². The van der Waals surface area contributed by atoms with Gasteiger partial charge in [-0.1, -0.05) is 30.3 Å². The van der Waals surface area contributed by atoms with Gasteiger partial charge in [0.15, 0.2) is 0 Å². The average Bonchev–Trinajstić information content (AvgIpc) is 3.12. The topological polar surface area (TPSA) is 94.6 Å². The van der Waals surface area contributed by atoms with E-state index in [1.54, 1.807) is 18.5 Å². The highest BCUT2D eigenvalue weighted by molar-refractivity contribution is 5.90. The van der Waals surface area contributed by atoms with Crippen LogP contribution in [0.15, 0.2) is 73.2 Å². The highest BCUT2D eigenvalue weighted by atomic mass is 16.5. The summed E-state index contributed by atoms with van der Waals surface area (Å²) in [5, 5.41) is 11.1. The predicted molar refractivity (Wildman–Crippen MR) is 130 cm³/mol. The summed E-state index contributed by atoms with van der Waals surface area (Å²) in [5.74, 6) is 0.536. The molecule has 34 heavy (non-hydrogen) atoms. The van der Waals surface area contributed by atoms with Gasteiger partial charge in [0.05, 0.1) is 0 Å². The SMILES string of the molecule is O=C(O)[C@H](c1c[nH]c2ccc(OCc3ccccc3)cc12)N1CCCN(c2ncccn2)CC1. The van der Waals surface area contributed by atoms with E-state index < -0.39 is 12.0 Å². The van der Waals surface area contributed by atoms with E-state index in [0.717, 1.165) is 35.0 Å². The van der Waals surface area contributed by atoms with Crippen LogP contribution in [-0.2, 0) is 11.4 Å². The number of carboxylic acid groups (broad SMARTS) is 1. The van der Waals surface area contributed by atoms with Crippen molar-refractivity contribution < 1.29 is 14.6 Å². The summed E-state index contributed by atoms with van der Waals surface area (Å²) in [7, 11) is 0. The Balaban J connectivity index is 1.37. The second kappa shape index (κ2) is 9.93. The number of anilines is 1. The lowest BCUT2D eigenvalue weighted by Gasteiger charge is -2.27. The van der Waals surface area contributed by atoms with Gasteiger partial charge in [-0.15, -0.1) is 0 Å². The lowest BCUT2D eigenvalue weighted by Crippen LogP contribution is -2.37. The van der Waals surface area contributed by atoms with Crippen molar-refractivity contribution in [1.82, 2.24) is 19.9 Å². The Kier molecular flexibility index (Phi) is 6.40. The molecule has 0 unspecified atom stereocenters. The van der Waals surface area contributed by atoms with E-state index in [-0.39, 0.29) is 0 Å². The Bertz CT molecular complexity index is 1250. The molecular formula is C26H27N5O3. The monoisotopic (exact) mass is 457 g/mol. The van der Waals surface area contributed by atoms with Gasteiger partial charge in [0.1, 0.15) is 18.4 Å². The van der Waals surface area contributed by atoms with E-state index in [1.807, 2.05) is 59.6 Å². The summed E-state index contributed by atoms with van der Waals surface area (Å²) < 4.78 is 6.00. The molecule has 2 aromatic heterocycles. The van der Waals surface area contributed by atoms with E-state index in [1.165, 1.54) is 0 Å². The van der Waals surface area contributed by atoms with Crippen molar-refractivity contribution in [2.24, 2.45) is 0 Å². The van der Waals surface area contributed by atoms with Crippen LogP contribution in [0.1, 0.15) is 23.6 Å². The minimum Gasteiger partial charge on any atom is -0.489 e. The zero-order chi connectivity index (χ0) is 23.3. The summed E-state index contributed by atoms with van der Waals surface area (Å²) in [6.45, 7) is 3.20. The molecular weight excluding hydrogens is 430 g/mol. The van der Waals surface area contributed by atoms with Gasteiger partial charge in [-0.3, -0.25) is 9.69 Å². The number of aromatic amines is 1. The lowest BCUT2D eigenvalue weighted by atomic mass is 10.0. The molecule has 2 N–H and O–H groups in total. The van der Waals surface area contributed by atoms with Gasteiger partial charge in [-0.25, -0.2) is 9.97 Å². The maximum atomic E-state index is 12.5. The van der Waals surface area contributed by atoms with Crippen molar-refractivity contribution in [2.75, 3.05) is 31.1 Å². The molecule has 1 saturated heterocycles. The summed E-state index contributed by atoms with van der Waals surface area (Å²) in [6, 6.07) is 16.8. The number of H-pyrrole nitrogens is 1. The Morgan fingerprint density at radius 1 is 1.03 bits per heavy atom. The largest absolute Gasteiger partial charge is 0.489 e. The maximum absolute atomic E-state index is 12.5. The fourth-order valence-electron chi connectivity index (χ4n) is 4.51. The molecule has 1 aliphatic rings. The van der Waals surface area contributed by atoms with Crippen LogP contribution in [0, 0.1) is 0 Å². The van der Waals surface area contributed by atoms with Gasteiger partial charge in [-0.05, 0) is 36.2 Å². The van der Waals surface area contributed by atoms with Crippen LogP contribution < -0.4 is 9.64 Å². The van der Waals surface area contributed by atoms with Crippen molar-refractivity contribution in [1.29, 1.82) is 0 Å². The Labute approximate surface area is 197 Å². The third-order valence-electron chi connectivity index (χ3n) is 6.19. The van der Waals surface area contributed by atoms with Gasteiger partial charge in [0.2, 0.25) is 5.95 Å². The van der Waals surface area contributed by atoms with Gasteiger partial charge < -0.3 is 19.7 Å². The number of hydrogen-bond donors (Lipinski definition) is 2. The molecule has 2 aromatic carbocycles. The number of carboxylic acids is 1. The molecule has 3 heterocycles. The van der Waals surface area contributed by atoms with E-state index in [4.69, 9.17) is 4.74 Å². The maximum Gasteiger partial charge on any atom is 0.325 e. The van der Waals surface area contributed by atoms with Crippen LogP contribution >= 0.6 is 0 Å². The van der Waals surface area contributed by atoms with Gasteiger partial charge in [-0.2, -0.15) is 0 Å². The first kappa shape index (κ1) is 21.9. The second-order valence-electron chi connectivity index (χ2n) is 8.39. The number of aromatic nitrogens is 3. The molecule has 0 saturated carbocycles. The van der Waals surface area contributed by atoms with Gasteiger partial charge >= 0.3 is 5.97 Å². The number of hydrogen-bond acceptors (Lipinski definition) is 6. The van der Waals surface area contributed by atoms with Gasteiger partial charge in [0.25, 0.3) is 0 Å². The van der Waals surface area contributed by atoms with Crippen molar-refractivity contribution in [2.45, 2.75) is 19.1 Å². The summed E-state index contributed by atoms with van der Waals surface area (Å²) in [5.41, 5.74) is 2.72. The molecule has 0 radical (unpaired) electrons. The number of carbonyl (C=O) groups is 1. The molecule has 0 aliphatic carbocycles. The fourth-order valence-corrected chi connectivity index (χ4v) is 4.51. The quantitative estimate of drug-likeness (QED) is 0.435. The molecule has 0 bridgehead atoms. The zero-order valence-electron chi connectivity index (χ0n) is 18.8. The molecule has 1 aliphatic heterocycles. The van der Waals surface area contributed by atoms with Crippen molar-refractivity contribution in [3.63, 3.8) is 0 Å². The lowest BCUT2D eigenvalue weighted by molar-refractivity contribution is -0.143. The number of nitrogens with zero attached hydrogens (tertiary/aromatic N) is 4. The number of benzene rings is 2. The average molecular weight is 458 g/mol. The first-order valence-corrected chi connectivity index (χ1v) is 11.5. The number of nitrogens with one attached hydrogen (secondary N) is 1. The van der Waals surface area contributed by atoms with Crippen LogP contribution in [0.3, 0.4) is 0 Å². The van der Waals surface area contributed by atoms with E-state index in [9.17, 15) is 9.90 Å². The molecule has 4 aromatic rings. The molecule has 1 atom stereocenters. The Hall–Kier alpha value is -3.91. The van der Waals surface area contributed by atoms with E-state index in [2.05, 4.69) is 19.9 Å². The smallest absolute Gasteiger partial charge is 0.325 e. The molecule has 8 heteroatoms. The third-order valence-corrected chi connectivity index (χ3v) is 6.19. The zero-order valence-corrected chi connectivity index (χ0v) is 18.8. The summed E-state index contributed by atoms with van der Waals surface area (Å²) in [4.78, 5) is 28.6. The second-order valence-corrected chi connectivity index (χ2v) is 8.39. The predicted octanol–water partition coefficient (Wildman–Crippen LogP) is 3.87. The number of aliphatic carboxylic acids is 1. The number of fused-ring (bicyclic) bond motifs is 1. The van der Waals surface area contributed by atoms with Crippen molar-refractivity contribution in [3.8, 4) is 5.75 Å². The van der Waals surface area contributed by atoms with Crippen molar-refractivity contribution >= 4 is 22.8 Å². The number of rotatable bonds is 7. The highest BCUT2D eigenvalue weighted by Crippen LogP contribution is 2.32. The molecule has 0 amide bonds. The first-order chi connectivity index (χ1) is 16.7. The van der Waals surface area contributed by atoms with Crippen LogP contribution in [-0.4, -0.2) is 57.1 Å². The minimum atomic E-state index is -0.860. The van der Waals surface area contributed by atoms with E-state index in [0.29, 0.717) is 37.9 Å². The molecule has 1 fully saturated rings. The van der Waals surface area contributed by atoms with Gasteiger partial charge in [0, 0.05) is 61.2 Å². The summed E-state index contributed by atoms with van der Waals surface area (Å²) in [6.07, 6.45) is 6.10. The molecule has 174 valence electrons. The summed E-state index contributed by atoms with van der Waals surface area (Å²) >= 11 is 0. The Morgan fingerprint density at radius 2 is 1.85 bits per heavy atom. The first-order valence-electron chi connectivity index (χ1n) is 11.5. The normalized spacial score (nSPS) is 15.7. The van der Waals surface area contributed by atoms with Crippen LogP contribution in [0.4, 0.5) is 5.95 Å². The van der Waals surface area contributed by atoms with Crippen LogP contribution in [0.2, 0.25) is 0 Å². The molecule has 0 spiro atoms. The fraction of sp³-hybridized carbons (Fsp3) is 0.269. The van der Waals surface area contributed by atoms with E-state index >= 15 is 0 Å².